The van der Waals surface area contributed by atoms with Crippen LogP contribution in [0, 0.1) is 5.92 Å². The Kier molecular flexibility index (Phi) is 3.89. The molecule has 1 N–H and O–H groups in total. The smallest absolute Gasteiger partial charge is 0.120 e. The van der Waals surface area contributed by atoms with Crippen LogP contribution in [0.15, 0.2) is 24.3 Å². The fourth-order valence-corrected chi connectivity index (χ4v) is 2.43. The van der Waals surface area contributed by atoms with E-state index in [1.54, 1.807) is 7.11 Å². The van der Waals surface area contributed by atoms with E-state index in [0.717, 1.165) is 25.4 Å². The Morgan fingerprint density at radius 3 is 2.94 bits per heavy atom. The van der Waals surface area contributed by atoms with Gasteiger partial charge in [-0.05, 0) is 18.1 Å². The van der Waals surface area contributed by atoms with E-state index in [0.29, 0.717) is 12.0 Å². The van der Waals surface area contributed by atoms with Crippen LogP contribution < -0.4 is 15.0 Å². The summed E-state index contributed by atoms with van der Waals surface area (Å²) in [5.74, 6) is 1.58. The molecule has 2 rings (SSSR count). The molecule has 1 saturated heterocycles. The van der Waals surface area contributed by atoms with E-state index >= 15 is 0 Å². The molecule has 0 bridgehead atoms. The summed E-state index contributed by atoms with van der Waals surface area (Å²) in [4.78, 5) is 2.49. The molecule has 0 amide bonds. The molecule has 1 aromatic carbocycles. The predicted molar refractivity (Wildman–Crippen MR) is 71.8 cm³/mol. The average molecular weight is 234 g/mol. The maximum atomic E-state index is 5.30. The summed E-state index contributed by atoms with van der Waals surface area (Å²) >= 11 is 0. The minimum Gasteiger partial charge on any atom is -0.497 e. The quantitative estimate of drug-likeness (QED) is 0.867. The minimum absolute atomic E-state index is 0.566. The molecule has 1 unspecified atom stereocenters. The fraction of sp³-hybridized carbons (Fsp3) is 0.571. The molecule has 1 atom stereocenters. The topological polar surface area (TPSA) is 24.5 Å². The lowest BCUT2D eigenvalue weighted by atomic mass is 10.00. The molecule has 0 saturated carbocycles. The lowest BCUT2D eigenvalue weighted by Crippen LogP contribution is -2.53. The summed E-state index contributed by atoms with van der Waals surface area (Å²) in [7, 11) is 1.72. The third kappa shape index (κ3) is 2.72. The van der Waals surface area contributed by atoms with Crippen molar-refractivity contribution in [2.45, 2.75) is 19.9 Å². The van der Waals surface area contributed by atoms with Crippen molar-refractivity contribution in [2.24, 2.45) is 5.92 Å². The number of anilines is 1. The van der Waals surface area contributed by atoms with Gasteiger partial charge in [0.05, 0.1) is 7.11 Å². The summed E-state index contributed by atoms with van der Waals surface area (Å²) < 4.78 is 5.30. The van der Waals surface area contributed by atoms with Gasteiger partial charge >= 0.3 is 0 Å². The molecule has 17 heavy (non-hydrogen) atoms. The normalized spacial score (nSPS) is 20.7. The highest BCUT2D eigenvalue weighted by Crippen LogP contribution is 2.25. The minimum atomic E-state index is 0.566. The maximum Gasteiger partial charge on any atom is 0.120 e. The van der Waals surface area contributed by atoms with Crippen molar-refractivity contribution >= 4 is 5.69 Å². The van der Waals surface area contributed by atoms with Crippen LogP contribution >= 0.6 is 0 Å². The summed E-state index contributed by atoms with van der Waals surface area (Å²) in [6.45, 7) is 7.75. The number of piperazine rings is 1. The third-order valence-electron chi connectivity index (χ3n) is 3.44. The van der Waals surface area contributed by atoms with Gasteiger partial charge in [-0.15, -0.1) is 0 Å². The molecule has 0 aromatic heterocycles. The molecule has 1 aliphatic rings. The Morgan fingerprint density at radius 2 is 2.24 bits per heavy atom. The zero-order chi connectivity index (χ0) is 12.3. The van der Waals surface area contributed by atoms with E-state index < -0.39 is 0 Å². The number of hydrogen-bond donors (Lipinski definition) is 1. The monoisotopic (exact) mass is 234 g/mol. The maximum absolute atomic E-state index is 5.30. The Morgan fingerprint density at radius 1 is 1.41 bits per heavy atom. The molecule has 1 heterocycles. The van der Waals surface area contributed by atoms with Crippen molar-refractivity contribution in [1.29, 1.82) is 0 Å². The van der Waals surface area contributed by atoms with Crippen LogP contribution in [0.25, 0.3) is 0 Å². The molecule has 94 valence electrons. The number of rotatable bonds is 3. The lowest BCUT2D eigenvalue weighted by molar-refractivity contribution is 0.388. The Bertz CT molecular complexity index is 365. The first kappa shape index (κ1) is 12.2. The van der Waals surface area contributed by atoms with Gasteiger partial charge in [0.1, 0.15) is 5.75 Å². The van der Waals surface area contributed by atoms with E-state index in [-0.39, 0.29) is 0 Å². The zero-order valence-electron chi connectivity index (χ0n) is 10.9. The fourth-order valence-electron chi connectivity index (χ4n) is 2.43. The second-order valence-electron chi connectivity index (χ2n) is 4.91. The highest BCUT2D eigenvalue weighted by Gasteiger charge is 2.25. The summed E-state index contributed by atoms with van der Waals surface area (Å²) in [6.07, 6.45) is 0. The SMILES string of the molecule is COc1cccc(N2CCNCC2C(C)C)c1. The Hall–Kier alpha value is -1.22. The summed E-state index contributed by atoms with van der Waals surface area (Å²) in [6, 6.07) is 8.92. The van der Waals surface area contributed by atoms with Crippen LogP contribution in [0.2, 0.25) is 0 Å². The van der Waals surface area contributed by atoms with Gasteiger partial charge in [-0.3, -0.25) is 0 Å². The highest BCUT2D eigenvalue weighted by atomic mass is 16.5. The van der Waals surface area contributed by atoms with Crippen LogP contribution in [0.4, 0.5) is 5.69 Å². The summed E-state index contributed by atoms with van der Waals surface area (Å²) in [5, 5.41) is 3.47. The molecule has 1 fully saturated rings. The van der Waals surface area contributed by atoms with E-state index in [1.165, 1.54) is 5.69 Å². The number of nitrogens with zero attached hydrogens (tertiary/aromatic N) is 1. The van der Waals surface area contributed by atoms with Crippen LogP contribution in [0.1, 0.15) is 13.8 Å². The second-order valence-corrected chi connectivity index (χ2v) is 4.91. The standard InChI is InChI=1S/C14H22N2O/c1-11(2)14-10-15-7-8-16(14)12-5-4-6-13(9-12)17-3/h4-6,9,11,14-15H,7-8,10H2,1-3H3. The van der Waals surface area contributed by atoms with E-state index in [9.17, 15) is 0 Å². The van der Waals surface area contributed by atoms with Gasteiger partial charge in [0.25, 0.3) is 0 Å². The van der Waals surface area contributed by atoms with Crippen LogP contribution in [0.3, 0.4) is 0 Å². The number of ether oxygens (including phenoxy) is 1. The molecule has 1 aromatic rings. The van der Waals surface area contributed by atoms with Gasteiger partial charge in [0.15, 0.2) is 0 Å². The molecule has 1 aliphatic heterocycles. The Labute approximate surface area is 104 Å². The molecular formula is C14H22N2O. The molecule has 3 nitrogen and oxygen atoms in total. The lowest BCUT2D eigenvalue weighted by Gasteiger charge is -2.40. The van der Waals surface area contributed by atoms with Crippen molar-refractivity contribution in [3.63, 3.8) is 0 Å². The largest absolute Gasteiger partial charge is 0.497 e. The number of methoxy groups -OCH3 is 1. The molecule has 0 radical (unpaired) electrons. The summed E-state index contributed by atoms with van der Waals surface area (Å²) in [5.41, 5.74) is 1.27. The first-order valence-electron chi connectivity index (χ1n) is 6.34. The van der Waals surface area contributed by atoms with Gasteiger partial charge in [-0.2, -0.15) is 0 Å². The predicted octanol–water partition coefficient (Wildman–Crippen LogP) is 2.13. The van der Waals surface area contributed by atoms with Crippen molar-refractivity contribution in [3.8, 4) is 5.75 Å². The van der Waals surface area contributed by atoms with Crippen LogP contribution in [-0.2, 0) is 0 Å². The zero-order valence-corrected chi connectivity index (χ0v) is 10.9. The molecule has 0 aliphatic carbocycles. The van der Waals surface area contributed by atoms with E-state index in [4.69, 9.17) is 4.74 Å². The van der Waals surface area contributed by atoms with Crippen molar-refractivity contribution < 1.29 is 4.74 Å². The van der Waals surface area contributed by atoms with Crippen molar-refractivity contribution in [3.05, 3.63) is 24.3 Å². The molecule has 0 spiro atoms. The van der Waals surface area contributed by atoms with Gasteiger partial charge in [-0.25, -0.2) is 0 Å². The second kappa shape index (κ2) is 5.41. The first-order chi connectivity index (χ1) is 8.22. The van der Waals surface area contributed by atoms with E-state index in [2.05, 4.69) is 42.3 Å². The van der Waals surface area contributed by atoms with Crippen molar-refractivity contribution in [2.75, 3.05) is 31.6 Å². The number of nitrogens with one attached hydrogen (secondary N) is 1. The van der Waals surface area contributed by atoms with Gasteiger partial charge in [-0.1, -0.05) is 19.9 Å². The van der Waals surface area contributed by atoms with E-state index in [1.807, 2.05) is 6.07 Å². The number of hydrogen-bond acceptors (Lipinski definition) is 3. The van der Waals surface area contributed by atoms with Gasteiger partial charge in [0.2, 0.25) is 0 Å². The van der Waals surface area contributed by atoms with Gasteiger partial charge < -0.3 is 15.0 Å². The molecule has 3 heteroatoms. The Balaban J connectivity index is 2.22. The molecular weight excluding hydrogens is 212 g/mol. The van der Waals surface area contributed by atoms with Gasteiger partial charge in [0, 0.05) is 37.4 Å². The van der Waals surface area contributed by atoms with Crippen LogP contribution in [0.5, 0.6) is 5.75 Å². The highest BCUT2D eigenvalue weighted by molar-refractivity contribution is 5.52. The average Bonchev–Trinajstić information content (AvgIpc) is 2.39. The third-order valence-corrected chi connectivity index (χ3v) is 3.44. The number of benzene rings is 1. The first-order valence-corrected chi connectivity index (χ1v) is 6.34. The van der Waals surface area contributed by atoms with Crippen LogP contribution in [-0.4, -0.2) is 32.8 Å². The van der Waals surface area contributed by atoms with Crippen molar-refractivity contribution in [1.82, 2.24) is 5.32 Å².